The maximum absolute atomic E-state index is 8.63. The summed E-state index contributed by atoms with van der Waals surface area (Å²) in [5.41, 5.74) is 0.505. The average molecular weight is 164 g/mol. The first kappa shape index (κ1) is 8.27. The van der Waals surface area contributed by atoms with E-state index in [0.717, 1.165) is 0 Å². The molecule has 0 aliphatic heterocycles. The van der Waals surface area contributed by atoms with Crippen molar-refractivity contribution in [1.82, 2.24) is 10.2 Å². The van der Waals surface area contributed by atoms with Gasteiger partial charge in [0.2, 0.25) is 0 Å². The molecule has 3 nitrogen and oxygen atoms in total. The molecule has 1 aromatic rings. The molecule has 0 saturated heterocycles. The maximum Gasteiger partial charge on any atom is 0.00624 e. The number of aromatic amines is 1. The van der Waals surface area contributed by atoms with E-state index < -0.39 is 0 Å². The van der Waals surface area contributed by atoms with Gasteiger partial charge in [0.15, 0.2) is 0 Å². The van der Waals surface area contributed by atoms with Crippen molar-refractivity contribution in [2.45, 2.75) is 0 Å². The fourth-order valence-electron chi connectivity index (χ4n) is 0.369. The topological polar surface area (TPSA) is 48.9 Å². The van der Waals surface area contributed by atoms with E-state index in [9.17, 15) is 0 Å². The van der Waals surface area contributed by atoms with Crippen molar-refractivity contribution < 1.29 is 22.2 Å². The molecule has 2 N–H and O–H groups in total. The number of hydrogen-bond acceptors (Lipinski definition) is 2. The molecule has 1 rings (SSSR count). The van der Waals surface area contributed by atoms with Gasteiger partial charge in [0.25, 0.3) is 0 Å². The van der Waals surface area contributed by atoms with Crippen molar-refractivity contribution in [2.24, 2.45) is 0 Å². The summed E-state index contributed by atoms with van der Waals surface area (Å²) in [5.74, 6) is -0.0150. The summed E-state index contributed by atoms with van der Waals surface area (Å²) in [6, 6.07) is 0. The Kier molecular flexibility index (Phi) is 3.06. The average Bonchev–Trinajstić information content (AvgIpc) is 2.12. The minimum absolute atomic E-state index is 0. The van der Waals surface area contributed by atoms with Crippen molar-refractivity contribution in [1.29, 1.82) is 0 Å². The quantitative estimate of drug-likeness (QED) is 0.365. The van der Waals surface area contributed by atoms with Gasteiger partial charge >= 0.3 is 0 Å². The van der Waals surface area contributed by atoms with E-state index in [2.05, 4.69) is 23.0 Å². The molecule has 0 atom stereocenters. The van der Waals surface area contributed by atoms with Crippen LogP contribution in [-0.2, 0) is 17.1 Å². The summed E-state index contributed by atoms with van der Waals surface area (Å²) < 4.78 is 0. The van der Waals surface area contributed by atoms with Crippen LogP contribution in [0, 0.1) is 6.20 Å². The van der Waals surface area contributed by atoms with Gasteiger partial charge in [-0.25, -0.2) is 0 Å². The summed E-state index contributed by atoms with van der Waals surface area (Å²) in [7, 11) is 0. The number of hydrogen-bond donors (Lipinski definition) is 2. The van der Waals surface area contributed by atoms with E-state index in [4.69, 9.17) is 5.11 Å². The van der Waals surface area contributed by atoms with Gasteiger partial charge in [-0.3, -0.25) is 5.10 Å². The first-order chi connectivity index (χ1) is 3.80. The Hall–Kier alpha value is -0.731. The standard InChI is InChI=1S/C5H5N2O.Mn/c1-4(8)5-2-6-7-3-5;/h2,8H,1H2,(H,6,7);/q-1;. The molecule has 1 aromatic heterocycles. The Balaban J connectivity index is 0.000000640. The second-order valence-corrected chi connectivity index (χ2v) is 1.36. The molecule has 0 aliphatic carbocycles. The minimum atomic E-state index is -0.0150. The molecular weight excluding hydrogens is 159 g/mol. The molecule has 1 heterocycles. The number of nitrogens with zero attached hydrogens (tertiary/aromatic N) is 1. The molecule has 49 valence electrons. The molecule has 9 heavy (non-hydrogen) atoms. The van der Waals surface area contributed by atoms with Crippen molar-refractivity contribution in [3.05, 3.63) is 24.5 Å². The third kappa shape index (κ3) is 1.91. The van der Waals surface area contributed by atoms with Crippen LogP contribution in [0.2, 0.25) is 0 Å². The Morgan fingerprint density at radius 2 is 2.56 bits per heavy atom. The SMILES string of the molecule is C=C(O)c1[c-]n[nH]c1.[Mn]. The third-order valence-electron chi connectivity index (χ3n) is 0.761. The van der Waals surface area contributed by atoms with Gasteiger partial charge in [-0.2, -0.15) is 0 Å². The molecule has 0 aromatic carbocycles. The molecule has 0 bridgehead atoms. The predicted octanol–water partition coefficient (Wildman–Crippen LogP) is 0.736. The monoisotopic (exact) mass is 164 g/mol. The molecule has 4 heteroatoms. The number of aliphatic hydroxyl groups is 1. The van der Waals surface area contributed by atoms with Gasteiger partial charge in [-0.15, -0.1) is 12.1 Å². The summed E-state index contributed by atoms with van der Waals surface area (Å²) in [5, 5.41) is 14.6. The predicted molar refractivity (Wildman–Crippen MR) is 29.1 cm³/mol. The van der Waals surface area contributed by atoms with Gasteiger partial charge in [0, 0.05) is 22.8 Å². The van der Waals surface area contributed by atoms with Crippen LogP contribution in [-0.4, -0.2) is 15.3 Å². The number of aliphatic hydroxyl groups excluding tert-OH is 1. The summed E-state index contributed by atoms with van der Waals surface area (Å²) >= 11 is 0. The van der Waals surface area contributed by atoms with Crippen LogP contribution in [0.4, 0.5) is 0 Å². The van der Waals surface area contributed by atoms with E-state index in [1.807, 2.05) is 0 Å². The Labute approximate surface area is 63.3 Å². The van der Waals surface area contributed by atoms with Gasteiger partial charge in [-0.1, -0.05) is 6.20 Å². The van der Waals surface area contributed by atoms with Crippen molar-refractivity contribution in [3.8, 4) is 0 Å². The molecule has 0 spiro atoms. The maximum atomic E-state index is 8.63. The summed E-state index contributed by atoms with van der Waals surface area (Å²) in [4.78, 5) is 0. The Morgan fingerprint density at radius 1 is 1.89 bits per heavy atom. The molecule has 0 amide bonds. The van der Waals surface area contributed by atoms with Crippen LogP contribution in [0.15, 0.2) is 12.8 Å². The van der Waals surface area contributed by atoms with E-state index in [-0.39, 0.29) is 22.8 Å². The second-order valence-electron chi connectivity index (χ2n) is 1.36. The van der Waals surface area contributed by atoms with E-state index in [1.54, 1.807) is 0 Å². The third-order valence-corrected chi connectivity index (χ3v) is 0.761. The number of rotatable bonds is 1. The van der Waals surface area contributed by atoms with E-state index in [1.165, 1.54) is 6.20 Å². The summed E-state index contributed by atoms with van der Waals surface area (Å²) in [6.07, 6.45) is 4.00. The second kappa shape index (κ2) is 3.33. The number of aromatic nitrogens is 2. The Morgan fingerprint density at radius 3 is 2.78 bits per heavy atom. The molecule has 0 fully saturated rings. The molecule has 0 aliphatic rings. The van der Waals surface area contributed by atoms with Crippen molar-refractivity contribution >= 4 is 5.76 Å². The number of nitrogens with one attached hydrogen (secondary N) is 1. The number of H-pyrrole nitrogens is 1. The zero-order valence-electron chi connectivity index (χ0n) is 4.56. The molecule has 0 saturated carbocycles. The molecular formula is C5H5MnN2O-. The zero-order valence-corrected chi connectivity index (χ0v) is 5.74. The van der Waals surface area contributed by atoms with Gasteiger partial charge in [0.05, 0.1) is 0 Å². The van der Waals surface area contributed by atoms with Gasteiger partial charge in [-0.05, 0) is 6.20 Å². The van der Waals surface area contributed by atoms with Crippen molar-refractivity contribution in [3.63, 3.8) is 0 Å². The minimum Gasteiger partial charge on any atom is -0.566 e. The first-order valence-electron chi connectivity index (χ1n) is 2.10. The van der Waals surface area contributed by atoms with Crippen LogP contribution >= 0.6 is 0 Å². The zero-order chi connectivity index (χ0) is 5.98. The van der Waals surface area contributed by atoms with Crippen LogP contribution in [0.5, 0.6) is 0 Å². The fraction of sp³-hybridized carbons (Fsp3) is 0. The van der Waals surface area contributed by atoms with E-state index >= 15 is 0 Å². The van der Waals surface area contributed by atoms with Crippen LogP contribution < -0.4 is 0 Å². The van der Waals surface area contributed by atoms with E-state index in [0.29, 0.717) is 5.56 Å². The van der Waals surface area contributed by atoms with Gasteiger partial charge < -0.3 is 10.2 Å². The molecule has 1 radical (unpaired) electrons. The van der Waals surface area contributed by atoms with Crippen molar-refractivity contribution in [2.75, 3.05) is 0 Å². The fourth-order valence-corrected chi connectivity index (χ4v) is 0.369. The van der Waals surface area contributed by atoms with Crippen LogP contribution in [0.25, 0.3) is 5.76 Å². The molecule has 0 unspecified atom stereocenters. The first-order valence-corrected chi connectivity index (χ1v) is 2.10. The Bertz CT molecular complexity index is 183. The summed E-state index contributed by atoms with van der Waals surface area (Å²) in [6.45, 7) is 3.26. The normalized spacial score (nSPS) is 8.00. The largest absolute Gasteiger partial charge is 0.566 e. The van der Waals surface area contributed by atoms with Crippen LogP contribution in [0.1, 0.15) is 5.56 Å². The van der Waals surface area contributed by atoms with Crippen LogP contribution in [0.3, 0.4) is 0 Å². The smallest absolute Gasteiger partial charge is 0.00624 e. The van der Waals surface area contributed by atoms with Gasteiger partial charge in [0.1, 0.15) is 0 Å².